The van der Waals surface area contributed by atoms with E-state index in [1.807, 2.05) is 6.92 Å². The second-order valence-corrected chi connectivity index (χ2v) is 4.15. The summed E-state index contributed by atoms with van der Waals surface area (Å²) in [5.74, 6) is -2.91. The first-order valence-electron chi connectivity index (χ1n) is 6.22. The second kappa shape index (κ2) is 7.71. The molecule has 0 aromatic carbocycles. The van der Waals surface area contributed by atoms with Crippen molar-refractivity contribution in [1.29, 1.82) is 0 Å². The Morgan fingerprint density at radius 1 is 1.50 bits per heavy atom. The number of unbranched alkanes of at least 4 members (excludes halogenated alkanes) is 1. The standard InChI is InChI=1S/C12H18O8/c1-2-3-4-18-8(15)6-19-11-9(16)10(7(14)5-13)20-12(11)17/h7,10,13-14,16H,2-6H2,1H3/t7-,10+/m0/s1. The fourth-order valence-corrected chi connectivity index (χ4v) is 1.45. The van der Waals surface area contributed by atoms with Crippen molar-refractivity contribution in [3.05, 3.63) is 11.5 Å². The highest BCUT2D eigenvalue weighted by Gasteiger charge is 2.40. The lowest BCUT2D eigenvalue weighted by atomic mass is 10.2. The molecular weight excluding hydrogens is 272 g/mol. The molecule has 0 aromatic heterocycles. The van der Waals surface area contributed by atoms with Gasteiger partial charge in [0, 0.05) is 0 Å². The maximum Gasteiger partial charge on any atom is 0.378 e. The zero-order valence-electron chi connectivity index (χ0n) is 11.1. The van der Waals surface area contributed by atoms with Gasteiger partial charge in [0.1, 0.15) is 6.10 Å². The van der Waals surface area contributed by atoms with Gasteiger partial charge in [-0.25, -0.2) is 9.59 Å². The molecule has 8 heteroatoms. The summed E-state index contributed by atoms with van der Waals surface area (Å²) in [6, 6.07) is 0. The summed E-state index contributed by atoms with van der Waals surface area (Å²) in [5.41, 5.74) is 0. The summed E-state index contributed by atoms with van der Waals surface area (Å²) in [7, 11) is 0. The average Bonchev–Trinajstić information content (AvgIpc) is 2.71. The fraction of sp³-hybridized carbons (Fsp3) is 0.667. The zero-order valence-corrected chi connectivity index (χ0v) is 11.1. The summed E-state index contributed by atoms with van der Waals surface area (Å²) in [4.78, 5) is 22.6. The molecule has 1 aliphatic heterocycles. The molecule has 0 fully saturated rings. The Labute approximate surface area is 115 Å². The van der Waals surface area contributed by atoms with Crippen LogP contribution in [0.4, 0.5) is 0 Å². The number of hydrogen-bond acceptors (Lipinski definition) is 8. The molecule has 1 heterocycles. The van der Waals surface area contributed by atoms with Gasteiger partial charge in [0.25, 0.3) is 0 Å². The molecule has 114 valence electrons. The molecule has 0 aromatic rings. The molecule has 0 radical (unpaired) electrons. The molecule has 2 atom stereocenters. The van der Waals surface area contributed by atoms with Crippen molar-refractivity contribution < 1.29 is 39.1 Å². The number of aliphatic hydroxyl groups is 3. The van der Waals surface area contributed by atoms with Gasteiger partial charge in [0.05, 0.1) is 13.2 Å². The number of carbonyl (C=O) groups excluding carboxylic acids is 2. The van der Waals surface area contributed by atoms with Gasteiger partial charge < -0.3 is 29.5 Å². The van der Waals surface area contributed by atoms with Gasteiger partial charge in [-0.2, -0.15) is 0 Å². The smallest absolute Gasteiger partial charge is 0.378 e. The molecule has 1 aliphatic rings. The van der Waals surface area contributed by atoms with Crippen LogP contribution >= 0.6 is 0 Å². The van der Waals surface area contributed by atoms with Crippen LogP contribution < -0.4 is 0 Å². The van der Waals surface area contributed by atoms with Crippen LogP contribution in [0.15, 0.2) is 11.5 Å². The highest BCUT2D eigenvalue weighted by Crippen LogP contribution is 2.23. The van der Waals surface area contributed by atoms with Crippen LogP contribution in [-0.4, -0.2) is 59.3 Å². The fourth-order valence-electron chi connectivity index (χ4n) is 1.45. The van der Waals surface area contributed by atoms with Crippen molar-refractivity contribution in [2.75, 3.05) is 19.8 Å². The van der Waals surface area contributed by atoms with E-state index in [9.17, 15) is 19.8 Å². The van der Waals surface area contributed by atoms with E-state index in [-0.39, 0.29) is 6.61 Å². The van der Waals surface area contributed by atoms with Crippen LogP contribution in [0.3, 0.4) is 0 Å². The molecule has 3 N–H and O–H groups in total. The van der Waals surface area contributed by atoms with Crippen molar-refractivity contribution in [3.8, 4) is 0 Å². The topological polar surface area (TPSA) is 123 Å². The minimum Gasteiger partial charge on any atom is -0.505 e. The summed E-state index contributed by atoms with van der Waals surface area (Å²) in [5, 5.41) is 27.7. The van der Waals surface area contributed by atoms with Crippen LogP contribution in [-0.2, 0) is 23.8 Å². The maximum atomic E-state index is 11.4. The Morgan fingerprint density at radius 3 is 2.80 bits per heavy atom. The third-order valence-electron chi connectivity index (χ3n) is 2.55. The average molecular weight is 290 g/mol. The number of hydrogen-bond donors (Lipinski definition) is 3. The minimum absolute atomic E-state index is 0.250. The van der Waals surface area contributed by atoms with Crippen molar-refractivity contribution in [1.82, 2.24) is 0 Å². The van der Waals surface area contributed by atoms with Crippen LogP contribution in [0, 0.1) is 0 Å². The van der Waals surface area contributed by atoms with Crippen molar-refractivity contribution in [2.24, 2.45) is 0 Å². The third kappa shape index (κ3) is 4.10. The van der Waals surface area contributed by atoms with Gasteiger partial charge in [-0.1, -0.05) is 13.3 Å². The Hall–Kier alpha value is -1.80. The lowest BCUT2D eigenvalue weighted by Gasteiger charge is -2.13. The first kappa shape index (κ1) is 16.3. The molecule has 0 saturated carbocycles. The van der Waals surface area contributed by atoms with Crippen LogP contribution in [0.25, 0.3) is 0 Å². The highest BCUT2D eigenvalue weighted by molar-refractivity contribution is 5.90. The molecule has 0 bridgehead atoms. The lowest BCUT2D eigenvalue weighted by molar-refractivity contribution is -0.151. The summed E-state index contributed by atoms with van der Waals surface area (Å²) in [6.45, 7) is 0.933. The van der Waals surface area contributed by atoms with E-state index in [1.54, 1.807) is 0 Å². The maximum absolute atomic E-state index is 11.4. The predicted octanol–water partition coefficient (Wildman–Crippen LogP) is -0.606. The van der Waals surface area contributed by atoms with Gasteiger partial charge in [0.2, 0.25) is 5.76 Å². The van der Waals surface area contributed by atoms with Gasteiger partial charge >= 0.3 is 11.9 Å². The monoisotopic (exact) mass is 290 g/mol. The number of esters is 2. The molecule has 1 rings (SSSR count). The summed E-state index contributed by atoms with van der Waals surface area (Å²) < 4.78 is 14.3. The van der Waals surface area contributed by atoms with E-state index in [0.717, 1.165) is 6.42 Å². The number of cyclic esters (lactones) is 1. The Balaban J connectivity index is 2.51. The predicted molar refractivity (Wildman–Crippen MR) is 64.4 cm³/mol. The lowest BCUT2D eigenvalue weighted by Crippen LogP contribution is -2.31. The number of rotatable bonds is 8. The highest BCUT2D eigenvalue weighted by atomic mass is 16.6. The molecular formula is C12H18O8. The van der Waals surface area contributed by atoms with E-state index in [1.165, 1.54) is 0 Å². The van der Waals surface area contributed by atoms with E-state index in [2.05, 4.69) is 4.74 Å². The van der Waals surface area contributed by atoms with Crippen LogP contribution in [0.5, 0.6) is 0 Å². The van der Waals surface area contributed by atoms with Crippen molar-refractivity contribution >= 4 is 11.9 Å². The van der Waals surface area contributed by atoms with E-state index >= 15 is 0 Å². The second-order valence-electron chi connectivity index (χ2n) is 4.15. The van der Waals surface area contributed by atoms with Crippen molar-refractivity contribution in [2.45, 2.75) is 32.0 Å². The van der Waals surface area contributed by atoms with Crippen LogP contribution in [0.1, 0.15) is 19.8 Å². The molecule has 0 spiro atoms. The van der Waals surface area contributed by atoms with Gasteiger partial charge in [-0.05, 0) is 6.42 Å². The van der Waals surface area contributed by atoms with Crippen molar-refractivity contribution in [3.63, 3.8) is 0 Å². The minimum atomic E-state index is -1.46. The van der Waals surface area contributed by atoms with E-state index in [4.69, 9.17) is 14.6 Å². The molecule has 0 amide bonds. The first-order chi connectivity index (χ1) is 9.51. The first-order valence-corrected chi connectivity index (χ1v) is 6.22. The third-order valence-corrected chi connectivity index (χ3v) is 2.55. The largest absolute Gasteiger partial charge is 0.505 e. The van der Waals surface area contributed by atoms with E-state index < -0.39 is 48.9 Å². The van der Waals surface area contributed by atoms with Gasteiger partial charge in [-0.3, -0.25) is 0 Å². The van der Waals surface area contributed by atoms with E-state index in [0.29, 0.717) is 6.42 Å². The number of carbonyl (C=O) groups is 2. The Kier molecular flexibility index (Phi) is 6.26. The molecule has 0 saturated heterocycles. The zero-order chi connectivity index (χ0) is 15.1. The number of aliphatic hydroxyl groups excluding tert-OH is 3. The summed E-state index contributed by atoms with van der Waals surface area (Å²) >= 11 is 0. The molecule has 20 heavy (non-hydrogen) atoms. The Bertz CT molecular complexity index is 389. The van der Waals surface area contributed by atoms with Gasteiger partial charge in [0.15, 0.2) is 18.5 Å². The molecule has 0 unspecified atom stereocenters. The quantitative estimate of drug-likeness (QED) is 0.400. The number of ether oxygens (including phenoxy) is 3. The molecule has 0 aliphatic carbocycles. The normalized spacial score (nSPS) is 19.8. The van der Waals surface area contributed by atoms with Gasteiger partial charge in [-0.15, -0.1) is 0 Å². The Morgan fingerprint density at radius 2 is 2.20 bits per heavy atom. The molecule has 8 nitrogen and oxygen atoms in total. The van der Waals surface area contributed by atoms with Crippen LogP contribution in [0.2, 0.25) is 0 Å². The SMILES string of the molecule is CCCCOC(=O)COC1=C(O)[C@@H]([C@@H](O)CO)OC1=O. The summed E-state index contributed by atoms with van der Waals surface area (Å²) in [6.07, 6.45) is -1.27.